The Hall–Kier alpha value is -2.54. The second-order valence-corrected chi connectivity index (χ2v) is 7.41. The molecule has 2 aliphatic rings. The largest absolute Gasteiger partial charge is 0.479 e. The molecule has 3 rings (SSSR count). The first-order chi connectivity index (χ1) is 13.7. The SMILES string of the molecule is Nc1ccn(C2OC(C(=O)O)C(NC(=O)C(N)CO)C(O)C2C2CCC2)c(=O)n1. The monoisotopic (exact) mass is 411 g/mol. The highest BCUT2D eigenvalue weighted by Crippen LogP contribution is 2.45. The van der Waals surface area contributed by atoms with Gasteiger partial charge in [0.1, 0.15) is 18.1 Å². The average molecular weight is 411 g/mol. The van der Waals surface area contributed by atoms with Crippen molar-refractivity contribution in [2.24, 2.45) is 17.6 Å². The number of aromatic nitrogens is 2. The Morgan fingerprint density at radius 1 is 1.41 bits per heavy atom. The fourth-order valence-corrected chi connectivity index (χ4v) is 3.85. The summed E-state index contributed by atoms with van der Waals surface area (Å²) in [5, 5.41) is 32.1. The molecule has 0 spiro atoms. The molecule has 0 radical (unpaired) electrons. The molecule has 2 heterocycles. The molecule has 1 aromatic rings. The van der Waals surface area contributed by atoms with Gasteiger partial charge in [-0.3, -0.25) is 9.36 Å². The molecule has 160 valence electrons. The third-order valence-electron chi connectivity index (χ3n) is 5.61. The van der Waals surface area contributed by atoms with Gasteiger partial charge in [-0.2, -0.15) is 4.98 Å². The molecule has 8 N–H and O–H groups in total. The van der Waals surface area contributed by atoms with Gasteiger partial charge in [0.15, 0.2) is 6.10 Å². The number of rotatable bonds is 6. The molecule has 6 unspecified atom stereocenters. The Balaban J connectivity index is 1.97. The lowest BCUT2D eigenvalue weighted by Gasteiger charge is -2.49. The van der Waals surface area contributed by atoms with Crippen LogP contribution in [0.3, 0.4) is 0 Å². The molecule has 12 nitrogen and oxygen atoms in total. The molecule has 1 aromatic heterocycles. The zero-order valence-corrected chi connectivity index (χ0v) is 15.5. The van der Waals surface area contributed by atoms with Crippen LogP contribution >= 0.6 is 0 Å². The normalized spacial score (nSPS) is 30.9. The quantitative estimate of drug-likeness (QED) is 0.288. The number of aliphatic carboxylic acids is 1. The van der Waals surface area contributed by atoms with Crippen LogP contribution in [0.2, 0.25) is 0 Å². The number of anilines is 1. The molecule has 1 amide bonds. The number of hydrogen-bond acceptors (Lipinski definition) is 9. The van der Waals surface area contributed by atoms with E-state index in [-0.39, 0.29) is 11.7 Å². The number of nitrogens with zero attached hydrogens (tertiary/aromatic N) is 2. The number of aliphatic hydroxyl groups excluding tert-OH is 2. The maximum atomic E-state index is 12.3. The van der Waals surface area contributed by atoms with Crippen molar-refractivity contribution in [3.8, 4) is 0 Å². The summed E-state index contributed by atoms with van der Waals surface area (Å²) in [6.45, 7) is -0.644. The summed E-state index contributed by atoms with van der Waals surface area (Å²) in [4.78, 5) is 39.9. The Labute approximate surface area is 165 Å². The third kappa shape index (κ3) is 4.10. The zero-order valence-electron chi connectivity index (χ0n) is 15.5. The standard InChI is InChI=1S/C17H25N5O7/c18-8(6-23)14(25)21-11-12(24)10(7-2-1-3-7)15(29-13(11)16(26)27)22-5-4-9(19)20-17(22)28/h4-5,7-8,10-13,15,23-24H,1-3,6,18H2,(H,21,25)(H,26,27)(H2,19,20,28). The van der Waals surface area contributed by atoms with Crippen molar-refractivity contribution in [3.63, 3.8) is 0 Å². The highest BCUT2D eigenvalue weighted by atomic mass is 16.5. The minimum absolute atomic E-state index is 0.000664. The Morgan fingerprint density at radius 2 is 2.10 bits per heavy atom. The van der Waals surface area contributed by atoms with Crippen LogP contribution in [-0.2, 0) is 14.3 Å². The Kier molecular flexibility index (Phi) is 6.17. The van der Waals surface area contributed by atoms with Crippen molar-refractivity contribution in [2.45, 2.75) is 49.8 Å². The number of nitrogens with one attached hydrogen (secondary N) is 1. The molecule has 29 heavy (non-hydrogen) atoms. The summed E-state index contributed by atoms with van der Waals surface area (Å²) in [7, 11) is 0. The van der Waals surface area contributed by atoms with Gasteiger partial charge in [0.25, 0.3) is 0 Å². The lowest BCUT2D eigenvalue weighted by Crippen LogP contribution is -2.65. The van der Waals surface area contributed by atoms with Crippen LogP contribution in [0.5, 0.6) is 0 Å². The third-order valence-corrected chi connectivity index (χ3v) is 5.61. The number of carboxylic acid groups (broad SMARTS) is 1. The number of hydrogen-bond donors (Lipinski definition) is 6. The van der Waals surface area contributed by atoms with Crippen molar-refractivity contribution in [1.82, 2.24) is 14.9 Å². The lowest BCUT2D eigenvalue weighted by atomic mass is 9.69. The molecule has 1 aliphatic carbocycles. The van der Waals surface area contributed by atoms with Crippen LogP contribution in [0, 0.1) is 11.8 Å². The van der Waals surface area contributed by atoms with Gasteiger partial charge in [0, 0.05) is 12.1 Å². The summed E-state index contributed by atoms with van der Waals surface area (Å²) in [6, 6.07) is -1.21. The van der Waals surface area contributed by atoms with E-state index in [1.54, 1.807) is 0 Å². The summed E-state index contributed by atoms with van der Waals surface area (Å²) in [6.07, 6.45) is -0.306. The fourth-order valence-electron chi connectivity index (χ4n) is 3.85. The number of carbonyl (C=O) groups is 2. The predicted molar refractivity (Wildman–Crippen MR) is 98.3 cm³/mol. The second kappa shape index (κ2) is 8.45. The van der Waals surface area contributed by atoms with Gasteiger partial charge in [-0.05, 0) is 24.8 Å². The minimum Gasteiger partial charge on any atom is -0.479 e. The Bertz CT molecular complexity index is 827. The highest BCUT2D eigenvalue weighted by molar-refractivity contribution is 5.83. The molecule has 6 atom stereocenters. The summed E-state index contributed by atoms with van der Waals surface area (Å²) >= 11 is 0. The van der Waals surface area contributed by atoms with Crippen molar-refractivity contribution < 1.29 is 29.6 Å². The van der Waals surface area contributed by atoms with E-state index in [9.17, 15) is 24.6 Å². The van der Waals surface area contributed by atoms with Crippen LogP contribution in [0.25, 0.3) is 0 Å². The van der Waals surface area contributed by atoms with Gasteiger partial charge in [-0.25, -0.2) is 9.59 Å². The van der Waals surface area contributed by atoms with E-state index >= 15 is 0 Å². The molecule has 2 fully saturated rings. The number of amides is 1. The average Bonchev–Trinajstić information content (AvgIpc) is 2.63. The number of nitrogens with two attached hydrogens (primary N) is 2. The maximum Gasteiger partial charge on any atom is 0.351 e. The molecule has 0 bridgehead atoms. The zero-order chi connectivity index (χ0) is 21.3. The van der Waals surface area contributed by atoms with Gasteiger partial charge >= 0.3 is 11.7 Å². The topological polar surface area (TPSA) is 203 Å². The highest BCUT2D eigenvalue weighted by Gasteiger charge is 2.53. The van der Waals surface area contributed by atoms with E-state index in [0.29, 0.717) is 0 Å². The van der Waals surface area contributed by atoms with Gasteiger partial charge in [0.2, 0.25) is 5.91 Å². The lowest BCUT2D eigenvalue weighted by molar-refractivity contribution is -0.216. The smallest absolute Gasteiger partial charge is 0.351 e. The molecule has 1 saturated heterocycles. The van der Waals surface area contributed by atoms with E-state index in [0.717, 1.165) is 23.8 Å². The number of carbonyl (C=O) groups excluding carboxylic acids is 1. The van der Waals surface area contributed by atoms with Crippen molar-refractivity contribution in [2.75, 3.05) is 12.3 Å². The molecule has 1 aliphatic heterocycles. The van der Waals surface area contributed by atoms with E-state index < -0.39 is 60.6 Å². The van der Waals surface area contributed by atoms with E-state index in [1.165, 1.54) is 12.3 Å². The number of carboxylic acids is 1. The number of ether oxygens (including phenoxy) is 1. The van der Waals surface area contributed by atoms with Crippen molar-refractivity contribution >= 4 is 17.7 Å². The van der Waals surface area contributed by atoms with Crippen molar-refractivity contribution in [3.05, 3.63) is 22.7 Å². The van der Waals surface area contributed by atoms with E-state index in [1.807, 2.05) is 0 Å². The van der Waals surface area contributed by atoms with Crippen LogP contribution in [-0.4, -0.2) is 67.6 Å². The van der Waals surface area contributed by atoms with Gasteiger partial charge < -0.3 is 36.8 Å². The fraction of sp³-hybridized carbons (Fsp3) is 0.647. The van der Waals surface area contributed by atoms with Gasteiger partial charge in [-0.1, -0.05) is 6.42 Å². The number of nitrogen functional groups attached to an aromatic ring is 1. The van der Waals surface area contributed by atoms with Crippen LogP contribution in [0.1, 0.15) is 25.5 Å². The van der Waals surface area contributed by atoms with Crippen molar-refractivity contribution in [1.29, 1.82) is 0 Å². The van der Waals surface area contributed by atoms with Crippen LogP contribution in [0.4, 0.5) is 5.82 Å². The molecular formula is C17H25N5O7. The van der Waals surface area contributed by atoms with Crippen LogP contribution in [0.15, 0.2) is 17.1 Å². The number of aliphatic hydroxyl groups is 2. The summed E-state index contributed by atoms with van der Waals surface area (Å²) in [5.41, 5.74) is 10.3. The minimum atomic E-state index is -1.65. The molecule has 1 saturated carbocycles. The van der Waals surface area contributed by atoms with Crippen LogP contribution < -0.4 is 22.5 Å². The summed E-state index contributed by atoms with van der Waals surface area (Å²) in [5.74, 6) is -2.96. The molecule has 0 aromatic carbocycles. The van der Waals surface area contributed by atoms with E-state index in [2.05, 4.69) is 10.3 Å². The predicted octanol–water partition coefficient (Wildman–Crippen LogP) is -2.61. The maximum absolute atomic E-state index is 12.3. The Morgan fingerprint density at radius 3 is 2.62 bits per heavy atom. The first-order valence-corrected chi connectivity index (χ1v) is 9.32. The molecule has 12 heteroatoms. The second-order valence-electron chi connectivity index (χ2n) is 7.41. The first kappa shape index (κ1) is 21.2. The van der Waals surface area contributed by atoms with Gasteiger partial charge in [0.05, 0.1) is 18.8 Å². The van der Waals surface area contributed by atoms with E-state index in [4.69, 9.17) is 21.3 Å². The molecular weight excluding hydrogens is 386 g/mol. The summed E-state index contributed by atoms with van der Waals surface area (Å²) < 4.78 is 6.83. The van der Waals surface area contributed by atoms with Gasteiger partial charge in [-0.15, -0.1) is 0 Å². The first-order valence-electron chi connectivity index (χ1n) is 9.32.